The van der Waals surface area contributed by atoms with Crippen molar-refractivity contribution in [1.29, 1.82) is 0 Å². The maximum absolute atomic E-state index is 7.38. The molecule has 0 unspecified atom stereocenters. The third-order valence-electron chi connectivity index (χ3n) is 0. The van der Waals surface area contributed by atoms with E-state index in [2.05, 4.69) is 0 Å². The minimum absolute atomic E-state index is 0. The van der Waals surface area contributed by atoms with Gasteiger partial charge in [-0.3, -0.25) is 0 Å². The molecule has 0 bridgehead atoms. The molecule has 0 spiro atoms. The molecule has 81 valence electrons. The predicted molar refractivity (Wildman–Crippen MR) is 35.5 cm³/mol. The van der Waals surface area contributed by atoms with Gasteiger partial charge >= 0.3 is 78.4 Å². The molecule has 0 aromatic carbocycles. The Morgan fingerprint density at radius 2 is 0.583 bits per heavy atom. The normalized spacial score (nSPS) is 5.00. The molecule has 0 aliphatic rings. The molecule has 12 heavy (non-hydrogen) atoms. The summed E-state index contributed by atoms with van der Waals surface area (Å²) in [6, 6.07) is 0. The summed E-state index contributed by atoms with van der Waals surface area (Å²) >= 11 is -5.00. The summed E-state index contributed by atoms with van der Waals surface area (Å²) in [7, 11) is 0. The predicted octanol–water partition coefficient (Wildman–Crippen LogP) is -7.27. The number of hydrogen-bond donors (Lipinski definition) is 4. The zero-order chi connectivity index (χ0) is 4.50. The Bertz CT molecular complexity index is 30.0. The van der Waals surface area contributed by atoms with Crippen LogP contribution in [-0.4, -0.2) is 87.6 Å². The molecule has 0 atom stereocenters. The molecule has 0 fully saturated rings. The van der Waals surface area contributed by atoms with Crippen molar-refractivity contribution < 1.29 is 82.7 Å². The molecule has 9 nitrogen and oxygen atoms in total. The van der Waals surface area contributed by atoms with Crippen LogP contribution in [0.5, 0.6) is 0 Å². The van der Waals surface area contributed by atoms with E-state index in [0.29, 0.717) is 0 Å². The molecule has 0 aliphatic heterocycles. The van der Waals surface area contributed by atoms with E-state index in [4.69, 9.17) is 14.8 Å². The second-order valence-electron chi connectivity index (χ2n) is 0.600. The molecular formula is H16NbO9SrTi. The summed E-state index contributed by atoms with van der Waals surface area (Å²) in [4.78, 5) is 0. The van der Waals surface area contributed by atoms with Crippen LogP contribution in [0.1, 0.15) is 0 Å². The Morgan fingerprint density at radius 1 is 0.583 bits per heavy atom. The molecule has 0 aromatic heterocycles. The fraction of sp³-hybridized carbons (Fsp3) is 0. The van der Waals surface area contributed by atoms with Crippen LogP contribution in [0, 0.1) is 0 Å². The SMILES string of the molecule is O.O.O.O.O.[Nb].[OH][Ti]([OH])([OH])[OH].[SrH2]. The second-order valence-corrected chi connectivity index (χ2v) is 2.47. The summed E-state index contributed by atoms with van der Waals surface area (Å²) in [5, 5.41) is 0. The molecule has 0 heterocycles. The minimum atomic E-state index is -5.00. The standard InChI is InChI=1S/Nb.9H2O.Sr.Ti.2H/h;9*1H2;;;;/q;;;;;;;;;;;+4;;/p-4. The van der Waals surface area contributed by atoms with Gasteiger partial charge in [-0.2, -0.15) is 0 Å². The van der Waals surface area contributed by atoms with Gasteiger partial charge in [0.15, 0.2) is 0 Å². The second kappa shape index (κ2) is 29.2. The van der Waals surface area contributed by atoms with Gasteiger partial charge in [-0.05, 0) is 0 Å². The van der Waals surface area contributed by atoms with Gasteiger partial charge in [-0.1, -0.05) is 0 Å². The Morgan fingerprint density at radius 3 is 0.583 bits per heavy atom. The molecule has 1 radical (unpaired) electrons. The maximum atomic E-state index is 7.38. The first-order valence-electron chi connectivity index (χ1n) is 0.894. The van der Waals surface area contributed by atoms with E-state index in [-0.39, 0.29) is 95.2 Å². The average Bonchev–Trinajstić information content (AvgIpc) is 0.722. The molecule has 0 aromatic rings. The van der Waals surface area contributed by atoms with Crippen molar-refractivity contribution in [3.05, 3.63) is 0 Å². The Labute approximate surface area is 126 Å². The Balaban J connectivity index is -0.00000000381. The topological polar surface area (TPSA) is 238 Å². The van der Waals surface area contributed by atoms with Gasteiger partial charge in [-0.15, -0.1) is 0 Å². The van der Waals surface area contributed by atoms with E-state index in [1.807, 2.05) is 0 Å². The van der Waals surface area contributed by atoms with Gasteiger partial charge in [0.2, 0.25) is 0 Å². The zero-order valence-corrected chi connectivity index (χ0v) is 9.00. The van der Waals surface area contributed by atoms with Gasteiger partial charge in [0.25, 0.3) is 0 Å². The summed E-state index contributed by atoms with van der Waals surface area (Å²) < 4.78 is 29.5. The Kier molecular flexibility index (Phi) is 151. The van der Waals surface area contributed by atoms with Gasteiger partial charge < -0.3 is 27.4 Å². The summed E-state index contributed by atoms with van der Waals surface area (Å²) in [6.45, 7) is 0. The van der Waals surface area contributed by atoms with E-state index in [9.17, 15) is 0 Å². The van der Waals surface area contributed by atoms with Gasteiger partial charge in [0.1, 0.15) is 0 Å². The molecule has 0 saturated heterocycles. The fourth-order valence-corrected chi connectivity index (χ4v) is 0. The van der Waals surface area contributed by atoms with Crippen molar-refractivity contribution >= 4 is 45.5 Å². The first kappa shape index (κ1) is 62.1. The number of rotatable bonds is 0. The zero-order valence-electron chi connectivity index (χ0n) is 5.24. The van der Waals surface area contributed by atoms with Crippen molar-refractivity contribution in [3.63, 3.8) is 0 Å². The third-order valence-corrected chi connectivity index (χ3v) is 0. The fourth-order valence-electron chi connectivity index (χ4n) is 0. The van der Waals surface area contributed by atoms with Gasteiger partial charge in [0, 0.05) is 22.4 Å². The quantitative estimate of drug-likeness (QED) is 0.295. The van der Waals surface area contributed by atoms with E-state index >= 15 is 0 Å². The summed E-state index contributed by atoms with van der Waals surface area (Å²) in [5.74, 6) is 0. The van der Waals surface area contributed by atoms with E-state index in [1.54, 1.807) is 0 Å². The molecule has 14 N–H and O–H groups in total. The molecule has 12 heteroatoms. The van der Waals surface area contributed by atoms with Gasteiger partial charge in [0.05, 0.1) is 0 Å². The molecule has 0 rings (SSSR count). The summed E-state index contributed by atoms with van der Waals surface area (Å²) in [6.07, 6.45) is 0. The van der Waals surface area contributed by atoms with Crippen LogP contribution in [0.25, 0.3) is 0 Å². The average molecular weight is 389 g/mol. The van der Waals surface area contributed by atoms with Gasteiger partial charge in [-0.25, -0.2) is 0 Å². The molecule has 0 saturated carbocycles. The van der Waals surface area contributed by atoms with E-state index in [1.165, 1.54) is 0 Å². The number of hydrogen-bond acceptors (Lipinski definition) is 4. The van der Waals surface area contributed by atoms with Crippen molar-refractivity contribution in [3.8, 4) is 0 Å². The van der Waals surface area contributed by atoms with E-state index < -0.39 is 18.1 Å². The van der Waals surface area contributed by atoms with Crippen LogP contribution in [0.3, 0.4) is 0 Å². The van der Waals surface area contributed by atoms with Crippen molar-refractivity contribution in [2.75, 3.05) is 0 Å². The van der Waals surface area contributed by atoms with Crippen LogP contribution >= 0.6 is 0 Å². The van der Waals surface area contributed by atoms with Crippen LogP contribution in [0.4, 0.5) is 0 Å². The van der Waals surface area contributed by atoms with Crippen molar-refractivity contribution in [1.82, 2.24) is 0 Å². The Hall–Kier alpha value is 2.58. The van der Waals surface area contributed by atoms with Crippen LogP contribution < -0.4 is 0 Å². The summed E-state index contributed by atoms with van der Waals surface area (Å²) in [5.41, 5.74) is 0. The monoisotopic (exact) mass is 389 g/mol. The first-order chi connectivity index (χ1) is 2.00. The molecule has 0 aliphatic carbocycles. The van der Waals surface area contributed by atoms with E-state index in [0.717, 1.165) is 0 Å². The molecular weight excluding hydrogens is 372 g/mol. The van der Waals surface area contributed by atoms with Crippen molar-refractivity contribution in [2.45, 2.75) is 0 Å². The van der Waals surface area contributed by atoms with Crippen LogP contribution in [0.15, 0.2) is 0 Å². The first-order valence-corrected chi connectivity index (χ1v) is 3.69. The molecule has 0 amide bonds. The van der Waals surface area contributed by atoms with Crippen LogP contribution in [-0.2, 0) is 40.5 Å². The van der Waals surface area contributed by atoms with Crippen LogP contribution in [0.2, 0.25) is 0 Å². The van der Waals surface area contributed by atoms with Crippen molar-refractivity contribution in [2.24, 2.45) is 0 Å². The third kappa shape index (κ3) is 254.